The Morgan fingerprint density at radius 1 is 1.19 bits per heavy atom. The predicted octanol–water partition coefficient (Wildman–Crippen LogP) is 3.81. The van der Waals surface area contributed by atoms with Crippen molar-refractivity contribution in [3.05, 3.63) is 12.2 Å². The largest absolute Gasteiger partial charge is 0.469 e. The van der Waals surface area contributed by atoms with Gasteiger partial charge in [-0.15, -0.1) is 0 Å². The van der Waals surface area contributed by atoms with Crippen molar-refractivity contribution in [2.45, 2.75) is 65.3 Å². The molecule has 1 aliphatic heterocycles. The minimum Gasteiger partial charge on any atom is -0.469 e. The lowest BCUT2D eigenvalue weighted by molar-refractivity contribution is -0.155. The fourth-order valence-electron chi connectivity index (χ4n) is 7.50. The second-order valence-corrected chi connectivity index (χ2v) is 9.49. The van der Waals surface area contributed by atoms with Crippen LogP contribution in [0.25, 0.3) is 0 Å². The Morgan fingerprint density at radius 3 is 2.65 bits per heavy atom. The number of hydrogen-bond acceptors (Lipinski definition) is 3. The molecule has 7 atom stereocenters. The Balaban J connectivity index is 1.65. The molecule has 0 radical (unpaired) electrons. The van der Waals surface area contributed by atoms with Gasteiger partial charge in [-0.25, -0.2) is 0 Å². The predicted molar refractivity (Wildman–Crippen MR) is 100 cm³/mol. The van der Waals surface area contributed by atoms with Crippen LogP contribution in [0.1, 0.15) is 59.3 Å². The van der Waals surface area contributed by atoms with Gasteiger partial charge in [0.15, 0.2) is 0 Å². The minimum absolute atomic E-state index is 0.00587. The first-order valence-corrected chi connectivity index (χ1v) is 10.4. The lowest BCUT2D eigenvalue weighted by Gasteiger charge is -2.60. The zero-order valence-electron chi connectivity index (χ0n) is 16.7. The molecular weight excluding hydrogens is 326 g/mol. The maximum atomic E-state index is 12.4. The molecule has 0 spiro atoms. The first-order valence-electron chi connectivity index (χ1n) is 10.4. The number of rotatable bonds is 2. The highest BCUT2D eigenvalue weighted by Crippen LogP contribution is 2.65. The summed E-state index contributed by atoms with van der Waals surface area (Å²) in [7, 11) is 1.53. The summed E-state index contributed by atoms with van der Waals surface area (Å²) in [6, 6.07) is 0.341. The van der Waals surface area contributed by atoms with Gasteiger partial charge in [0.25, 0.3) is 0 Å². The first-order chi connectivity index (χ1) is 12.4. The molecule has 0 aromatic rings. The summed E-state index contributed by atoms with van der Waals surface area (Å²) >= 11 is 0. The molecule has 0 saturated heterocycles. The van der Waals surface area contributed by atoms with Crippen LogP contribution in [0.15, 0.2) is 12.2 Å². The van der Waals surface area contributed by atoms with Crippen LogP contribution in [0.3, 0.4) is 0 Å². The fourth-order valence-corrected chi connectivity index (χ4v) is 7.50. The molecule has 3 aliphatic carbocycles. The van der Waals surface area contributed by atoms with E-state index >= 15 is 0 Å². The Kier molecular flexibility index (Phi) is 4.24. The number of fused-ring (bicyclic) bond motifs is 5. The van der Waals surface area contributed by atoms with Crippen LogP contribution in [0.4, 0.5) is 0 Å². The molecule has 3 fully saturated rings. The van der Waals surface area contributed by atoms with E-state index in [0.29, 0.717) is 23.8 Å². The molecule has 144 valence electrons. The zero-order valence-corrected chi connectivity index (χ0v) is 16.7. The second-order valence-electron chi connectivity index (χ2n) is 9.49. The van der Waals surface area contributed by atoms with Crippen LogP contribution in [-0.4, -0.2) is 36.5 Å². The van der Waals surface area contributed by atoms with Gasteiger partial charge in [-0.05, 0) is 74.7 Å². The quantitative estimate of drug-likeness (QED) is 0.705. The van der Waals surface area contributed by atoms with Crippen LogP contribution < -0.4 is 0 Å². The second kappa shape index (κ2) is 6.10. The van der Waals surface area contributed by atoms with Crippen molar-refractivity contribution in [1.29, 1.82) is 0 Å². The third-order valence-electron chi connectivity index (χ3n) is 8.80. The van der Waals surface area contributed by atoms with Gasteiger partial charge in [0.05, 0.1) is 13.0 Å². The van der Waals surface area contributed by atoms with Crippen LogP contribution in [-0.2, 0) is 14.3 Å². The lowest BCUT2D eigenvalue weighted by Crippen LogP contribution is -2.60. The van der Waals surface area contributed by atoms with Gasteiger partial charge in [0, 0.05) is 18.0 Å². The minimum atomic E-state index is -0.00587. The van der Waals surface area contributed by atoms with Crippen molar-refractivity contribution in [2.75, 3.05) is 13.7 Å². The summed E-state index contributed by atoms with van der Waals surface area (Å²) in [4.78, 5) is 26.8. The molecule has 0 aromatic carbocycles. The van der Waals surface area contributed by atoms with Crippen molar-refractivity contribution in [2.24, 2.45) is 34.5 Å². The first kappa shape index (κ1) is 18.1. The average Bonchev–Trinajstić information content (AvgIpc) is 2.99. The monoisotopic (exact) mass is 359 g/mol. The molecule has 1 heterocycles. The molecule has 4 nitrogen and oxygen atoms in total. The number of likely N-dealkylation sites (N-methyl/N-ethyl adjacent to an activating group) is 1. The van der Waals surface area contributed by atoms with E-state index in [4.69, 9.17) is 4.74 Å². The smallest absolute Gasteiger partial charge is 0.309 e. The molecule has 0 aromatic heterocycles. The van der Waals surface area contributed by atoms with Gasteiger partial charge >= 0.3 is 5.97 Å². The molecule has 3 saturated carbocycles. The van der Waals surface area contributed by atoms with Crippen LogP contribution >= 0.6 is 0 Å². The number of carbonyl (C=O) groups is 2. The van der Waals surface area contributed by atoms with Crippen molar-refractivity contribution < 1.29 is 14.3 Å². The standard InChI is InChI=1S/C22H33NO3/c1-5-23-18-9-6-14-15-7-8-17(20(25)26-4)21(15,2)12-10-16(14)22(18,3)13-11-19(23)24/h11,13-18H,5-10,12H2,1-4H3/t14-,15-,16-,17+,18+,21-,22+/m0/s1. The van der Waals surface area contributed by atoms with E-state index in [2.05, 4.69) is 31.7 Å². The molecule has 4 aliphatic rings. The van der Waals surface area contributed by atoms with Crippen molar-refractivity contribution >= 4 is 11.9 Å². The van der Waals surface area contributed by atoms with Crippen LogP contribution in [0, 0.1) is 34.5 Å². The number of nitrogens with zero attached hydrogens (tertiary/aromatic N) is 1. The Labute approximate surface area is 157 Å². The van der Waals surface area contributed by atoms with E-state index in [1.165, 1.54) is 13.5 Å². The SMILES string of the molecule is CCN1C(=O)C=C[C@]2(C)[C@H]3CC[C@]4(C)[C@@H](C(=O)OC)CC[C@H]4[C@@H]3CC[C@@H]12. The Bertz CT molecular complexity index is 643. The number of carbonyl (C=O) groups excluding carboxylic acids is 2. The third-order valence-corrected chi connectivity index (χ3v) is 8.80. The maximum Gasteiger partial charge on any atom is 0.309 e. The van der Waals surface area contributed by atoms with Gasteiger partial charge in [0.2, 0.25) is 5.91 Å². The highest BCUT2D eigenvalue weighted by molar-refractivity contribution is 5.89. The Morgan fingerprint density at radius 2 is 1.96 bits per heavy atom. The zero-order chi connectivity index (χ0) is 18.7. The number of hydrogen-bond donors (Lipinski definition) is 0. The number of ether oxygens (including phenoxy) is 1. The van der Waals surface area contributed by atoms with E-state index in [1.54, 1.807) is 0 Å². The Hall–Kier alpha value is -1.32. The fraction of sp³-hybridized carbons (Fsp3) is 0.818. The summed E-state index contributed by atoms with van der Waals surface area (Å²) in [5.74, 6) is 2.15. The highest BCUT2D eigenvalue weighted by Gasteiger charge is 2.61. The number of amides is 1. The topological polar surface area (TPSA) is 46.6 Å². The molecule has 0 N–H and O–H groups in total. The van der Waals surface area contributed by atoms with Crippen molar-refractivity contribution in [1.82, 2.24) is 4.90 Å². The molecule has 26 heavy (non-hydrogen) atoms. The molecule has 4 rings (SSSR count). The normalized spacial score (nSPS) is 47.2. The third kappa shape index (κ3) is 2.26. The average molecular weight is 360 g/mol. The molecule has 4 heteroatoms. The summed E-state index contributed by atoms with van der Waals surface area (Å²) in [6.45, 7) is 7.62. The van der Waals surface area contributed by atoms with Gasteiger partial charge in [-0.3, -0.25) is 9.59 Å². The summed E-state index contributed by atoms with van der Waals surface area (Å²) < 4.78 is 5.14. The van der Waals surface area contributed by atoms with Crippen molar-refractivity contribution in [3.63, 3.8) is 0 Å². The van der Waals surface area contributed by atoms with E-state index in [-0.39, 0.29) is 28.6 Å². The summed E-state index contributed by atoms with van der Waals surface area (Å²) in [6.07, 6.45) is 10.7. The molecular formula is C22H33NO3. The van der Waals surface area contributed by atoms with E-state index in [0.717, 1.165) is 38.6 Å². The van der Waals surface area contributed by atoms with Gasteiger partial charge in [0.1, 0.15) is 0 Å². The highest BCUT2D eigenvalue weighted by atomic mass is 16.5. The molecule has 1 amide bonds. The lowest BCUT2D eigenvalue weighted by atomic mass is 9.47. The van der Waals surface area contributed by atoms with Crippen LogP contribution in [0.2, 0.25) is 0 Å². The summed E-state index contributed by atoms with van der Waals surface area (Å²) in [5, 5.41) is 0. The maximum absolute atomic E-state index is 12.4. The van der Waals surface area contributed by atoms with Gasteiger partial charge in [-0.2, -0.15) is 0 Å². The van der Waals surface area contributed by atoms with Gasteiger partial charge < -0.3 is 9.64 Å². The molecule has 0 unspecified atom stereocenters. The number of esters is 1. The van der Waals surface area contributed by atoms with Gasteiger partial charge in [-0.1, -0.05) is 19.9 Å². The van der Waals surface area contributed by atoms with E-state index in [9.17, 15) is 9.59 Å². The summed E-state index contributed by atoms with van der Waals surface area (Å²) in [5.41, 5.74) is 0.174. The van der Waals surface area contributed by atoms with Crippen LogP contribution in [0.5, 0.6) is 0 Å². The van der Waals surface area contributed by atoms with Crippen molar-refractivity contribution in [3.8, 4) is 0 Å². The van der Waals surface area contributed by atoms with E-state index < -0.39 is 0 Å². The number of methoxy groups -OCH3 is 1. The molecule has 0 bridgehead atoms. The van der Waals surface area contributed by atoms with E-state index in [1.807, 2.05) is 6.08 Å².